The van der Waals surface area contributed by atoms with Crippen LogP contribution < -0.4 is 0 Å². The lowest BCUT2D eigenvalue weighted by Crippen LogP contribution is -2.34. The molecule has 1 unspecified atom stereocenters. The van der Waals surface area contributed by atoms with E-state index in [1.807, 2.05) is 60.7 Å². The average Bonchev–Trinajstić information content (AvgIpc) is 2.94. The normalized spacial score (nSPS) is 15.8. The van der Waals surface area contributed by atoms with Crippen LogP contribution in [0, 0.1) is 0 Å². The Morgan fingerprint density at radius 2 is 1.46 bits per heavy atom. The van der Waals surface area contributed by atoms with Crippen molar-refractivity contribution in [3.05, 3.63) is 71.8 Å². The molecule has 2 aromatic rings. The highest BCUT2D eigenvalue weighted by Gasteiger charge is 2.31. The minimum atomic E-state index is -0.0796. The molecule has 2 amide bonds. The summed E-state index contributed by atoms with van der Waals surface area (Å²) in [6.45, 7) is 1.37. The zero-order valence-electron chi connectivity index (χ0n) is 13.6. The smallest absolute Gasteiger partial charge is 0.229 e. The number of carbonyl (C=O) groups excluding carboxylic acids is 2. The molecule has 0 aliphatic carbocycles. The van der Waals surface area contributed by atoms with Gasteiger partial charge in [0.05, 0.1) is 13.2 Å². The number of hydrogen-bond donors (Lipinski definition) is 0. The van der Waals surface area contributed by atoms with E-state index in [9.17, 15) is 9.59 Å². The Morgan fingerprint density at radius 1 is 0.875 bits per heavy atom. The molecule has 24 heavy (non-hydrogen) atoms. The fourth-order valence-corrected chi connectivity index (χ4v) is 2.92. The van der Waals surface area contributed by atoms with Crippen molar-refractivity contribution in [1.29, 1.82) is 0 Å². The molecular formula is C20H21NO3. The summed E-state index contributed by atoms with van der Waals surface area (Å²) < 4.78 is 5.87. The standard InChI is InChI=1S/C20H21NO3/c22-19-11-12-20(23)21(19)13-18(17-9-5-2-6-10-17)15-24-14-16-7-3-1-4-8-16/h1-10,18H,11-15H2. The fourth-order valence-electron chi connectivity index (χ4n) is 2.92. The third kappa shape index (κ3) is 4.09. The molecule has 4 heteroatoms. The lowest BCUT2D eigenvalue weighted by molar-refractivity contribution is -0.138. The summed E-state index contributed by atoms with van der Waals surface area (Å²) >= 11 is 0. The second-order valence-electron chi connectivity index (χ2n) is 6.01. The van der Waals surface area contributed by atoms with Gasteiger partial charge in [-0.1, -0.05) is 60.7 Å². The van der Waals surface area contributed by atoms with Gasteiger partial charge < -0.3 is 4.74 Å². The predicted molar refractivity (Wildman–Crippen MR) is 91.2 cm³/mol. The van der Waals surface area contributed by atoms with E-state index in [0.717, 1.165) is 11.1 Å². The van der Waals surface area contributed by atoms with Crippen LogP contribution in [-0.2, 0) is 20.9 Å². The Balaban J connectivity index is 1.66. The highest BCUT2D eigenvalue weighted by atomic mass is 16.5. The zero-order chi connectivity index (χ0) is 16.8. The van der Waals surface area contributed by atoms with Crippen LogP contribution >= 0.6 is 0 Å². The van der Waals surface area contributed by atoms with Crippen LogP contribution in [0.3, 0.4) is 0 Å². The summed E-state index contributed by atoms with van der Waals surface area (Å²) in [6.07, 6.45) is 0.649. The number of benzene rings is 2. The average molecular weight is 323 g/mol. The summed E-state index contributed by atoms with van der Waals surface area (Å²) in [4.78, 5) is 25.2. The van der Waals surface area contributed by atoms with Gasteiger partial charge in [-0.3, -0.25) is 14.5 Å². The van der Waals surface area contributed by atoms with Crippen molar-refractivity contribution in [3.63, 3.8) is 0 Å². The number of ether oxygens (including phenoxy) is 1. The van der Waals surface area contributed by atoms with E-state index >= 15 is 0 Å². The second-order valence-corrected chi connectivity index (χ2v) is 6.01. The van der Waals surface area contributed by atoms with Crippen LogP contribution in [-0.4, -0.2) is 29.9 Å². The van der Waals surface area contributed by atoms with Crippen molar-refractivity contribution >= 4 is 11.8 Å². The molecule has 1 saturated heterocycles. The van der Waals surface area contributed by atoms with Gasteiger partial charge in [0.1, 0.15) is 0 Å². The molecule has 4 nitrogen and oxygen atoms in total. The molecule has 0 aromatic heterocycles. The van der Waals surface area contributed by atoms with Crippen LogP contribution in [0.4, 0.5) is 0 Å². The summed E-state index contributed by atoms with van der Waals surface area (Å²) in [5, 5.41) is 0. The van der Waals surface area contributed by atoms with E-state index in [0.29, 0.717) is 32.6 Å². The maximum atomic E-state index is 11.9. The van der Waals surface area contributed by atoms with Gasteiger partial charge in [0.2, 0.25) is 11.8 Å². The van der Waals surface area contributed by atoms with Gasteiger partial charge in [0, 0.05) is 25.3 Å². The van der Waals surface area contributed by atoms with Gasteiger partial charge in [-0.15, -0.1) is 0 Å². The lowest BCUT2D eigenvalue weighted by atomic mass is 9.99. The zero-order valence-corrected chi connectivity index (χ0v) is 13.6. The van der Waals surface area contributed by atoms with Gasteiger partial charge in [-0.2, -0.15) is 0 Å². The third-order valence-electron chi connectivity index (χ3n) is 4.26. The Hall–Kier alpha value is -2.46. The van der Waals surface area contributed by atoms with Gasteiger partial charge >= 0.3 is 0 Å². The molecule has 3 rings (SSSR count). The van der Waals surface area contributed by atoms with Crippen molar-refractivity contribution in [1.82, 2.24) is 4.90 Å². The fraction of sp³-hybridized carbons (Fsp3) is 0.300. The molecule has 0 bridgehead atoms. The summed E-state index contributed by atoms with van der Waals surface area (Å²) in [5.74, 6) is -0.172. The minimum absolute atomic E-state index is 0.0130. The Bertz CT molecular complexity index is 669. The Kier molecular flexibility index (Phi) is 5.39. The summed E-state index contributed by atoms with van der Waals surface area (Å²) in [7, 11) is 0. The maximum Gasteiger partial charge on any atom is 0.229 e. The summed E-state index contributed by atoms with van der Waals surface area (Å²) in [5.41, 5.74) is 2.19. The molecular weight excluding hydrogens is 302 g/mol. The first-order chi connectivity index (χ1) is 11.7. The van der Waals surface area contributed by atoms with Crippen LogP contribution in [0.15, 0.2) is 60.7 Å². The highest BCUT2D eigenvalue weighted by molar-refractivity contribution is 6.01. The second kappa shape index (κ2) is 7.88. The number of hydrogen-bond acceptors (Lipinski definition) is 3. The van der Waals surface area contributed by atoms with Crippen molar-refractivity contribution in [3.8, 4) is 0 Å². The van der Waals surface area contributed by atoms with Crippen molar-refractivity contribution in [2.45, 2.75) is 25.4 Å². The quantitative estimate of drug-likeness (QED) is 0.736. The van der Waals surface area contributed by atoms with Gasteiger partial charge in [-0.25, -0.2) is 0 Å². The number of nitrogens with zero attached hydrogens (tertiary/aromatic N) is 1. The topological polar surface area (TPSA) is 46.6 Å². The van der Waals surface area contributed by atoms with Crippen molar-refractivity contribution in [2.75, 3.05) is 13.2 Å². The first-order valence-electron chi connectivity index (χ1n) is 8.24. The molecule has 1 atom stereocenters. The van der Waals surface area contributed by atoms with E-state index in [4.69, 9.17) is 4.74 Å². The van der Waals surface area contributed by atoms with E-state index in [1.54, 1.807) is 0 Å². The molecule has 2 aromatic carbocycles. The van der Waals surface area contributed by atoms with E-state index in [-0.39, 0.29) is 17.7 Å². The number of imide groups is 1. The molecule has 0 spiro atoms. The number of carbonyl (C=O) groups is 2. The van der Waals surface area contributed by atoms with E-state index in [2.05, 4.69) is 0 Å². The van der Waals surface area contributed by atoms with Crippen molar-refractivity contribution < 1.29 is 14.3 Å². The molecule has 1 heterocycles. The van der Waals surface area contributed by atoms with Crippen LogP contribution in [0.5, 0.6) is 0 Å². The highest BCUT2D eigenvalue weighted by Crippen LogP contribution is 2.22. The molecule has 0 radical (unpaired) electrons. The minimum Gasteiger partial charge on any atom is -0.376 e. The molecule has 1 aliphatic rings. The third-order valence-corrected chi connectivity index (χ3v) is 4.26. The summed E-state index contributed by atoms with van der Waals surface area (Å²) in [6, 6.07) is 19.9. The van der Waals surface area contributed by atoms with Crippen LogP contribution in [0.2, 0.25) is 0 Å². The maximum absolute atomic E-state index is 11.9. The number of amides is 2. The Morgan fingerprint density at radius 3 is 2.08 bits per heavy atom. The first kappa shape index (κ1) is 16.4. The van der Waals surface area contributed by atoms with Crippen LogP contribution in [0.25, 0.3) is 0 Å². The molecule has 124 valence electrons. The monoisotopic (exact) mass is 323 g/mol. The van der Waals surface area contributed by atoms with Gasteiger partial charge in [0.15, 0.2) is 0 Å². The van der Waals surface area contributed by atoms with Gasteiger partial charge in [0.25, 0.3) is 0 Å². The van der Waals surface area contributed by atoms with E-state index in [1.165, 1.54) is 4.90 Å². The molecule has 0 N–H and O–H groups in total. The van der Waals surface area contributed by atoms with Crippen LogP contribution in [0.1, 0.15) is 29.9 Å². The lowest BCUT2D eigenvalue weighted by Gasteiger charge is -2.23. The molecule has 1 fully saturated rings. The van der Waals surface area contributed by atoms with Crippen molar-refractivity contribution in [2.24, 2.45) is 0 Å². The largest absolute Gasteiger partial charge is 0.376 e. The number of rotatable bonds is 7. The predicted octanol–water partition coefficient (Wildman–Crippen LogP) is 3.14. The van der Waals surface area contributed by atoms with E-state index < -0.39 is 0 Å². The number of likely N-dealkylation sites (tertiary alicyclic amines) is 1. The Labute approximate surface area is 142 Å². The molecule has 1 aliphatic heterocycles. The first-order valence-corrected chi connectivity index (χ1v) is 8.24. The SMILES string of the molecule is O=C1CCC(=O)N1CC(COCc1ccccc1)c1ccccc1. The van der Waals surface area contributed by atoms with Gasteiger partial charge in [-0.05, 0) is 11.1 Å². The molecule has 0 saturated carbocycles.